The minimum Gasteiger partial charge on any atom is -0.495 e. The molecule has 1 amide bonds. The first kappa shape index (κ1) is 15.1. The van der Waals surface area contributed by atoms with Crippen LogP contribution in [0.3, 0.4) is 0 Å². The van der Waals surface area contributed by atoms with Crippen LogP contribution in [0.25, 0.3) is 0 Å². The van der Waals surface area contributed by atoms with Gasteiger partial charge in [-0.3, -0.25) is 4.79 Å². The second-order valence-electron chi connectivity index (χ2n) is 4.21. The lowest BCUT2D eigenvalue weighted by atomic mass is 10.3. The molecular formula is C11H14BrN3O4S. The van der Waals surface area contributed by atoms with Crippen LogP contribution in [0.5, 0.6) is 5.75 Å². The Balaban J connectivity index is 2.48. The summed E-state index contributed by atoms with van der Waals surface area (Å²) >= 11 is 3.22. The number of methoxy groups -OCH3 is 1. The Bertz CT molecular complexity index is 647. The molecule has 0 saturated carbocycles. The lowest BCUT2D eigenvalue weighted by molar-refractivity contribution is -0.122. The third-order valence-corrected chi connectivity index (χ3v) is 5.46. The van der Waals surface area contributed by atoms with Crippen LogP contribution >= 0.6 is 15.9 Å². The number of carbonyl (C=O) groups excluding carboxylic acids is 1. The lowest BCUT2D eigenvalue weighted by Crippen LogP contribution is -2.49. The average molecular weight is 364 g/mol. The first-order valence-electron chi connectivity index (χ1n) is 5.76. The number of hydrogen-bond donors (Lipinski definition) is 2. The minimum absolute atomic E-state index is 0.0459. The molecule has 0 radical (unpaired) electrons. The highest BCUT2D eigenvalue weighted by Crippen LogP contribution is 2.34. The average Bonchev–Trinajstić information content (AvgIpc) is 2.41. The van der Waals surface area contributed by atoms with Gasteiger partial charge in [0.15, 0.2) is 0 Å². The number of sulfonamides is 1. The van der Waals surface area contributed by atoms with Crippen molar-refractivity contribution in [2.45, 2.75) is 4.90 Å². The Morgan fingerprint density at radius 1 is 1.45 bits per heavy atom. The Kier molecular flexibility index (Phi) is 4.21. The Morgan fingerprint density at radius 3 is 2.75 bits per heavy atom. The molecule has 1 heterocycles. The third kappa shape index (κ3) is 2.74. The smallest absolute Gasteiger partial charge is 0.247 e. The quantitative estimate of drug-likeness (QED) is 0.744. The number of anilines is 1. The third-order valence-electron chi connectivity index (χ3n) is 2.90. The molecule has 1 aromatic rings. The van der Waals surface area contributed by atoms with Crippen LogP contribution in [0.1, 0.15) is 0 Å². The Hall–Kier alpha value is -1.32. The number of rotatable bonds is 3. The van der Waals surface area contributed by atoms with E-state index in [1.54, 1.807) is 0 Å². The van der Waals surface area contributed by atoms with Gasteiger partial charge in [-0.05, 0) is 28.1 Å². The van der Waals surface area contributed by atoms with Crippen molar-refractivity contribution in [1.29, 1.82) is 0 Å². The van der Waals surface area contributed by atoms with Crippen molar-refractivity contribution in [2.24, 2.45) is 0 Å². The van der Waals surface area contributed by atoms with Crippen molar-refractivity contribution in [3.63, 3.8) is 0 Å². The van der Waals surface area contributed by atoms with Crippen LogP contribution in [0.15, 0.2) is 21.5 Å². The van der Waals surface area contributed by atoms with Gasteiger partial charge in [-0.15, -0.1) is 0 Å². The van der Waals surface area contributed by atoms with E-state index in [1.807, 2.05) is 0 Å². The monoisotopic (exact) mass is 363 g/mol. The molecule has 0 aromatic heterocycles. The lowest BCUT2D eigenvalue weighted by Gasteiger charge is -2.26. The normalized spacial score (nSPS) is 16.8. The molecule has 0 aliphatic carbocycles. The maximum absolute atomic E-state index is 12.6. The van der Waals surface area contributed by atoms with Crippen molar-refractivity contribution in [3.05, 3.63) is 16.6 Å². The number of hydrogen-bond acceptors (Lipinski definition) is 5. The van der Waals surface area contributed by atoms with E-state index >= 15 is 0 Å². The summed E-state index contributed by atoms with van der Waals surface area (Å²) in [5.41, 5.74) is 6.02. The SMILES string of the molecule is COc1cc(Br)c(N)cc1S(=O)(=O)N1CCNC(=O)C1. The summed E-state index contributed by atoms with van der Waals surface area (Å²) in [6, 6.07) is 2.82. The number of halogens is 1. The minimum atomic E-state index is -3.83. The van der Waals surface area contributed by atoms with Gasteiger partial charge in [0.25, 0.3) is 0 Å². The molecule has 110 valence electrons. The molecule has 0 unspecified atom stereocenters. The summed E-state index contributed by atoms with van der Waals surface area (Å²) in [6.45, 7) is 0.293. The van der Waals surface area contributed by atoms with E-state index in [-0.39, 0.29) is 41.9 Å². The highest BCUT2D eigenvalue weighted by Gasteiger charge is 2.32. The molecule has 1 aromatic carbocycles. The van der Waals surface area contributed by atoms with Crippen LogP contribution in [-0.2, 0) is 14.8 Å². The van der Waals surface area contributed by atoms with Gasteiger partial charge in [0.1, 0.15) is 10.6 Å². The molecule has 0 atom stereocenters. The molecule has 20 heavy (non-hydrogen) atoms. The van der Waals surface area contributed by atoms with Crippen LogP contribution in [0.4, 0.5) is 5.69 Å². The number of ether oxygens (including phenoxy) is 1. The summed E-state index contributed by atoms with van der Waals surface area (Å²) in [5, 5.41) is 2.58. The van der Waals surface area contributed by atoms with E-state index in [2.05, 4.69) is 21.2 Å². The van der Waals surface area contributed by atoms with Gasteiger partial charge in [0, 0.05) is 23.2 Å². The second kappa shape index (κ2) is 5.58. The fourth-order valence-electron chi connectivity index (χ4n) is 1.87. The van der Waals surface area contributed by atoms with Gasteiger partial charge >= 0.3 is 0 Å². The summed E-state index contributed by atoms with van der Waals surface area (Å²) in [7, 11) is -2.46. The van der Waals surface area contributed by atoms with E-state index in [1.165, 1.54) is 19.2 Å². The topological polar surface area (TPSA) is 102 Å². The molecular weight excluding hydrogens is 350 g/mol. The maximum Gasteiger partial charge on any atom is 0.247 e. The molecule has 3 N–H and O–H groups in total. The van der Waals surface area contributed by atoms with Gasteiger partial charge in [0.05, 0.1) is 13.7 Å². The van der Waals surface area contributed by atoms with Crippen molar-refractivity contribution in [2.75, 3.05) is 32.5 Å². The van der Waals surface area contributed by atoms with Gasteiger partial charge in [-0.2, -0.15) is 4.31 Å². The number of benzene rings is 1. The van der Waals surface area contributed by atoms with Gasteiger partial charge in [-0.1, -0.05) is 0 Å². The van der Waals surface area contributed by atoms with Gasteiger partial charge in [0.2, 0.25) is 15.9 Å². The molecule has 7 nitrogen and oxygen atoms in total. The molecule has 0 spiro atoms. The fourth-order valence-corrected chi connectivity index (χ4v) is 3.76. The van der Waals surface area contributed by atoms with Crippen LogP contribution in [0, 0.1) is 0 Å². The maximum atomic E-state index is 12.6. The Morgan fingerprint density at radius 2 is 2.15 bits per heavy atom. The van der Waals surface area contributed by atoms with E-state index in [9.17, 15) is 13.2 Å². The highest BCUT2D eigenvalue weighted by atomic mass is 79.9. The largest absolute Gasteiger partial charge is 0.495 e. The molecule has 1 saturated heterocycles. The fraction of sp³-hybridized carbons (Fsp3) is 0.364. The van der Waals surface area contributed by atoms with E-state index < -0.39 is 10.0 Å². The van der Waals surface area contributed by atoms with Gasteiger partial charge in [-0.25, -0.2) is 8.42 Å². The summed E-state index contributed by atoms with van der Waals surface area (Å²) in [5.74, 6) is -0.152. The number of nitrogens with two attached hydrogens (primary N) is 1. The summed E-state index contributed by atoms with van der Waals surface area (Å²) < 4.78 is 31.9. The van der Waals surface area contributed by atoms with E-state index in [0.29, 0.717) is 4.47 Å². The second-order valence-corrected chi connectivity index (χ2v) is 6.97. The van der Waals surface area contributed by atoms with E-state index in [0.717, 1.165) is 4.31 Å². The molecule has 0 bridgehead atoms. The van der Waals surface area contributed by atoms with Crippen LogP contribution in [-0.4, -0.2) is 45.4 Å². The first-order chi connectivity index (χ1) is 9.36. The first-order valence-corrected chi connectivity index (χ1v) is 7.99. The number of nitrogens with one attached hydrogen (secondary N) is 1. The zero-order valence-electron chi connectivity index (χ0n) is 10.7. The number of amides is 1. The molecule has 2 rings (SSSR count). The van der Waals surface area contributed by atoms with Crippen molar-refractivity contribution in [1.82, 2.24) is 9.62 Å². The predicted molar refractivity (Wildman–Crippen MR) is 76.9 cm³/mol. The van der Waals surface area contributed by atoms with Gasteiger partial charge < -0.3 is 15.8 Å². The highest BCUT2D eigenvalue weighted by molar-refractivity contribution is 9.10. The van der Waals surface area contributed by atoms with Crippen molar-refractivity contribution >= 4 is 37.5 Å². The molecule has 9 heteroatoms. The summed E-state index contributed by atoms with van der Waals surface area (Å²) in [4.78, 5) is 11.3. The number of carbonyl (C=O) groups is 1. The molecule has 1 aliphatic rings. The van der Waals surface area contributed by atoms with Crippen molar-refractivity contribution < 1.29 is 17.9 Å². The zero-order chi connectivity index (χ0) is 14.9. The van der Waals surface area contributed by atoms with Crippen LogP contribution in [0.2, 0.25) is 0 Å². The number of nitrogen functional groups attached to an aromatic ring is 1. The number of nitrogens with zero attached hydrogens (tertiary/aromatic N) is 1. The predicted octanol–water partition coefficient (Wildman–Crippen LogP) is 0.160. The summed E-state index contributed by atoms with van der Waals surface area (Å²) in [6.07, 6.45) is 0. The number of piperazine rings is 1. The standard InChI is InChI=1S/C11H14BrN3O4S/c1-19-9-4-7(12)8(13)5-10(9)20(17,18)15-3-2-14-11(16)6-15/h4-5H,2-3,6,13H2,1H3,(H,14,16). The van der Waals surface area contributed by atoms with Crippen LogP contribution < -0.4 is 15.8 Å². The zero-order valence-corrected chi connectivity index (χ0v) is 13.1. The van der Waals surface area contributed by atoms with E-state index in [4.69, 9.17) is 10.5 Å². The Labute approximate surface area is 125 Å². The molecule has 1 fully saturated rings. The molecule has 1 aliphatic heterocycles. The van der Waals surface area contributed by atoms with Crippen molar-refractivity contribution in [3.8, 4) is 5.75 Å².